The van der Waals surface area contributed by atoms with Crippen molar-refractivity contribution in [2.45, 2.75) is 6.42 Å². The lowest BCUT2D eigenvalue weighted by Gasteiger charge is -2.06. The van der Waals surface area contributed by atoms with E-state index in [9.17, 15) is 4.39 Å². The van der Waals surface area contributed by atoms with E-state index in [1.807, 2.05) is 0 Å². The maximum Gasteiger partial charge on any atom is 0.223 e. The van der Waals surface area contributed by atoms with Crippen LogP contribution in [0.2, 0.25) is 0 Å². The van der Waals surface area contributed by atoms with E-state index in [1.54, 1.807) is 13.1 Å². The minimum atomic E-state index is -0.341. The predicted molar refractivity (Wildman–Crippen MR) is 55.1 cm³/mol. The Morgan fingerprint density at radius 3 is 2.79 bits per heavy atom. The number of hydrogen-bond donors (Lipinski definition) is 3. The zero-order valence-electron chi connectivity index (χ0n) is 8.05. The van der Waals surface area contributed by atoms with Gasteiger partial charge in [-0.3, -0.25) is 4.39 Å². The molecule has 0 fully saturated rings. The highest BCUT2D eigenvalue weighted by atomic mass is 19.1. The second-order valence-electron chi connectivity index (χ2n) is 2.72. The van der Waals surface area contributed by atoms with Crippen molar-refractivity contribution < 1.29 is 4.39 Å². The summed E-state index contributed by atoms with van der Waals surface area (Å²) in [7, 11) is 1.74. The van der Waals surface area contributed by atoms with Gasteiger partial charge in [0.2, 0.25) is 5.95 Å². The first-order chi connectivity index (χ1) is 6.76. The van der Waals surface area contributed by atoms with Crippen molar-refractivity contribution in [1.29, 1.82) is 0 Å². The first-order valence-corrected chi connectivity index (χ1v) is 4.38. The number of alkyl halides is 1. The van der Waals surface area contributed by atoms with Crippen LogP contribution in [0, 0.1) is 0 Å². The molecule has 0 aliphatic carbocycles. The number of hydrogen-bond acceptors (Lipinski definition) is 5. The summed E-state index contributed by atoms with van der Waals surface area (Å²) in [5, 5.41) is 5.80. The van der Waals surface area contributed by atoms with Gasteiger partial charge in [-0.05, 0) is 6.42 Å². The second-order valence-corrected chi connectivity index (χ2v) is 2.72. The quantitative estimate of drug-likeness (QED) is 0.613. The predicted octanol–water partition coefficient (Wildman–Crippen LogP) is 0.872. The number of nitrogen functional groups attached to an aromatic ring is 1. The molecule has 0 saturated heterocycles. The highest BCUT2D eigenvalue weighted by Gasteiger charge is 1.99. The molecule has 6 heteroatoms. The number of anilines is 3. The molecular formula is C8H14FN5. The first kappa shape index (κ1) is 10.5. The Bertz CT molecular complexity index is 291. The molecule has 0 saturated carbocycles. The molecule has 14 heavy (non-hydrogen) atoms. The summed E-state index contributed by atoms with van der Waals surface area (Å²) in [6.07, 6.45) is 0.457. The van der Waals surface area contributed by atoms with Crippen molar-refractivity contribution in [3.05, 3.63) is 6.07 Å². The van der Waals surface area contributed by atoms with E-state index >= 15 is 0 Å². The van der Waals surface area contributed by atoms with Crippen molar-refractivity contribution in [1.82, 2.24) is 9.97 Å². The van der Waals surface area contributed by atoms with Gasteiger partial charge in [-0.15, -0.1) is 0 Å². The average molecular weight is 199 g/mol. The van der Waals surface area contributed by atoms with Gasteiger partial charge in [0.25, 0.3) is 0 Å². The summed E-state index contributed by atoms with van der Waals surface area (Å²) in [5.74, 6) is 1.44. The summed E-state index contributed by atoms with van der Waals surface area (Å²) in [4.78, 5) is 7.87. The Morgan fingerprint density at radius 1 is 1.43 bits per heavy atom. The van der Waals surface area contributed by atoms with E-state index in [-0.39, 0.29) is 12.6 Å². The zero-order valence-corrected chi connectivity index (χ0v) is 8.05. The third-order valence-corrected chi connectivity index (χ3v) is 1.62. The Hall–Kier alpha value is -1.59. The lowest BCUT2D eigenvalue weighted by Crippen LogP contribution is -2.07. The standard InChI is InChI=1S/C8H14FN5/c1-11-6-5-7(12-4-2-3-9)14-8(10)13-6/h5H,2-4H2,1H3,(H4,10,11,12,13,14). The summed E-state index contributed by atoms with van der Waals surface area (Å²) < 4.78 is 11.8. The lowest BCUT2D eigenvalue weighted by molar-refractivity contribution is 0.481. The topological polar surface area (TPSA) is 75.9 Å². The van der Waals surface area contributed by atoms with Crippen molar-refractivity contribution in [2.75, 3.05) is 36.6 Å². The van der Waals surface area contributed by atoms with Crippen molar-refractivity contribution >= 4 is 17.6 Å². The van der Waals surface area contributed by atoms with Crippen LogP contribution in [0.3, 0.4) is 0 Å². The smallest absolute Gasteiger partial charge is 0.223 e. The van der Waals surface area contributed by atoms with Gasteiger partial charge < -0.3 is 16.4 Å². The summed E-state index contributed by atoms with van der Waals surface area (Å²) in [6, 6.07) is 1.72. The molecule has 0 aliphatic rings. The fraction of sp³-hybridized carbons (Fsp3) is 0.500. The number of nitrogens with zero attached hydrogens (tertiary/aromatic N) is 2. The number of aromatic nitrogens is 2. The fourth-order valence-corrected chi connectivity index (χ4v) is 0.968. The van der Waals surface area contributed by atoms with E-state index in [0.717, 1.165) is 0 Å². The van der Waals surface area contributed by atoms with Gasteiger partial charge in [-0.2, -0.15) is 9.97 Å². The average Bonchev–Trinajstić information content (AvgIpc) is 2.17. The maximum absolute atomic E-state index is 11.8. The maximum atomic E-state index is 11.8. The van der Waals surface area contributed by atoms with Crippen molar-refractivity contribution in [2.24, 2.45) is 0 Å². The van der Waals surface area contributed by atoms with Crippen LogP contribution in [0.15, 0.2) is 6.07 Å². The minimum absolute atomic E-state index is 0.194. The van der Waals surface area contributed by atoms with Crippen LogP contribution in [0.25, 0.3) is 0 Å². The van der Waals surface area contributed by atoms with E-state index in [0.29, 0.717) is 24.6 Å². The van der Waals surface area contributed by atoms with Crippen LogP contribution in [-0.4, -0.2) is 30.2 Å². The van der Waals surface area contributed by atoms with Gasteiger partial charge in [0.05, 0.1) is 6.67 Å². The Labute approximate surface area is 81.9 Å². The Kier molecular flexibility index (Phi) is 3.90. The first-order valence-electron chi connectivity index (χ1n) is 4.38. The van der Waals surface area contributed by atoms with Gasteiger partial charge >= 0.3 is 0 Å². The minimum Gasteiger partial charge on any atom is -0.373 e. The molecule has 0 spiro atoms. The summed E-state index contributed by atoms with van der Waals surface area (Å²) in [6.45, 7) is 0.197. The van der Waals surface area contributed by atoms with Gasteiger partial charge in [-0.1, -0.05) is 0 Å². The molecule has 0 amide bonds. The highest BCUT2D eigenvalue weighted by molar-refractivity contribution is 5.50. The van der Waals surface area contributed by atoms with E-state index in [4.69, 9.17) is 5.73 Å². The van der Waals surface area contributed by atoms with Crippen molar-refractivity contribution in [3.63, 3.8) is 0 Å². The number of nitrogens with two attached hydrogens (primary N) is 1. The van der Waals surface area contributed by atoms with Crippen LogP contribution in [0.1, 0.15) is 6.42 Å². The monoisotopic (exact) mass is 199 g/mol. The number of nitrogens with one attached hydrogen (secondary N) is 2. The van der Waals surface area contributed by atoms with Gasteiger partial charge in [-0.25, -0.2) is 0 Å². The summed E-state index contributed by atoms with van der Waals surface area (Å²) >= 11 is 0. The van der Waals surface area contributed by atoms with Gasteiger partial charge in [0.15, 0.2) is 0 Å². The van der Waals surface area contributed by atoms with E-state index in [2.05, 4.69) is 20.6 Å². The molecule has 0 unspecified atom stereocenters. The molecule has 0 bridgehead atoms. The third kappa shape index (κ3) is 3.04. The second kappa shape index (κ2) is 5.21. The van der Waals surface area contributed by atoms with Crippen LogP contribution < -0.4 is 16.4 Å². The molecule has 1 heterocycles. The molecule has 5 nitrogen and oxygen atoms in total. The number of rotatable bonds is 5. The van der Waals surface area contributed by atoms with Crippen molar-refractivity contribution in [3.8, 4) is 0 Å². The van der Waals surface area contributed by atoms with Crippen LogP contribution >= 0.6 is 0 Å². The largest absolute Gasteiger partial charge is 0.373 e. The molecule has 0 aromatic carbocycles. The summed E-state index contributed by atoms with van der Waals surface area (Å²) in [5.41, 5.74) is 5.46. The SMILES string of the molecule is CNc1cc(NCCCF)nc(N)n1. The van der Waals surface area contributed by atoms with Gasteiger partial charge in [0, 0.05) is 19.7 Å². The van der Waals surface area contributed by atoms with Crippen LogP contribution in [0.4, 0.5) is 22.0 Å². The third-order valence-electron chi connectivity index (χ3n) is 1.62. The molecule has 1 aromatic rings. The number of halogens is 1. The molecule has 1 rings (SSSR count). The molecule has 0 radical (unpaired) electrons. The molecule has 78 valence electrons. The fourth-order valence-electron chi connectivity index (χ4n) is 0.968. The molecule has 1 aromatic heterocycles. The Balaban J connectivity index is 2.62. The molecule has 0 atom stereocenters. The Morgan fingerprint density at radius 2 is 2.14 bits per heavy atom. The normalized spacial score (nSPS) is 9.86. The molecule has 4 N–H and O–H groups in total. The zero-order chi connectivity index (χ0) is 10.4. The molecule has 0 aliphatic heterocycles. The van der Waals surface area contributed by atoms with Crippen LogP contribution in [-0.2, 0) is 0 Å². The lowest BCUT2D eigenvalue weighted by atomic mass is 10.4. The van der Waals surface area contributed by atoms with E-state index in [1.165, 1.54) is 0 Å². The highest BCUT2D eigenvalue weighted by Crippen LogP contribution is 2.11. The van der Waals surface area contributed by atoms with Crippen LogP contribution in [0.5, 0.6) is 0 Å². The van der Waals surface area contributed by atoms with E-state index < -0.39 is 0 Å². The van der Waals surface area contributed by atoms with Gasteiger partial charge in [0.1, 0.15) is 11.6 Å². The molecular weight excluding hydrogens is 185 g/mol.